The molecular formula is C20H20N6O3. The zero-order valence-electron chi connectivity index (χ0n) is 16.1. The third-order valence-corrected chi connectivity index (χ3v) is 4.13. The van der Waals surface area contributed by atoms with Gasteiger partial charge < -0.3 is 10.1 Å². The van der Waals surface area contributed by atoms with E-state index in [9.17, 15) is 14.9 Å². The first-order chi connectivity index (χ1) is 14.0. The SMILES string of the molecule is CCOC(=O)c1cnn(CC(=O)Nc2ccnn2Cc2cccc(C)c2)c1C#N. The van der Waals surface area contributed by atoms with Crippen molar-refractivity contribution in [3.8, 4) is 6.07 Å². The molecule has 3 rings (SSSR count). The highest BCUT2D eigenvalue weighted by Gasteiger charge is 2.20. The van der Waals surface area contributed by atoms with Gasteiger partial charge in [0, 0.05) is 6.07 Å². The Morgan fingerprint density at radius 3 is 2.79 bits per heavy atom. The van der Waals surface area contributed by atoms with Gasteiger partial charge in [-0.3, -0.25) is 4.79 Å². The lowest BCUT2D eigenvalue weighted by molar-refractivity contribution is -0.117. The molecule has 0 fully saturated rings. The Morgan fingerprint density at radius 2 is 2.07 bits per heavy atom. The van der Waals surface area contributed by atoms with Gasteiger partial charge in [0.25, 0.3) is 0 Å². The van der Waals surface area contributed by atoms with Crippen molar-refractivity contribution in [3.05, 3.63) is 65.1 Å². The summed E-state index contributed by atoms with van der Waals surface area (Å²) in [5, 5.41) is 20.3. The number of nitriles is 1. The Labute approximate surface area is 167 Å². The van der Waals surface area contributed by atoms with E-state index >= 15 is 0 Å². The summed E-state index contributed by atoms with van der Waals surface area (Å²) < 4.78 is 7.74. The Morgan fingerprint density at radius 1 is 1.24 bits per heavy atom. The first kappa shape index (κ1) is 19.8. The summed E-state index contributed by atoms with van der Waals surface area (Å²) in [5.74, 6) is -0.522. The molecular weight excluding hydrogens is 372 g/mol. The lowest BCUT2D eigenvalue weighted by Gasteiger charge is -2.10. The molecule has 148 valence electrons. The molecule has 0 bridgehead atoms. The maximum atomic E-state index is 12.5. The average Bonchev–Trinajstić information content (AvgIpc) is 3.28. The number of aryl methyl sites for hydroxylation is 1. The van der Waals surface area contributed by atoms with Gasteiger partial charge in [-0.05, 0) is 19.4 Å². The predicted molar refractivity (Wildman–Crippen MR) is 104 cm³/mol. The fourth-order valence-corrected chi connectivity index (χ4v) is 2.85. The maximum absolute atomic E-state index is 12.5. The molecule has 0 saturated heterocycles. The minimum absolute atomic E-state index is 0.0214. The van der Waals surface area contributed by atoms with Crippen LogP contribution in [0.2, 0.25) is 0 Å². The number of hydrogen-bond acceptors (Lipinski definition) is 6. The predicted octanol–water partition coefficient (Wildman–Crippen LogP) is 2.12. The van der Waals surface area contributed by atoms with Crippen LogP contribution in [0.15, 0.2) is 42.7 Å². The van der Waals surface area contributed by atoms with E-state index in [0.717, 1.165) is 11.1 Å². The molecule has 0 aliphatic heterocycles. The third kappa shape index (κ3) is 4.68. The summed E-state index contributed by atoms with van der Waals surface area (Å²) in [7, 11) is 0. The van der Waals surface area contributed by atoms with Crippen molar-refractivity contribution in [2.24, 2.45) is 0 Å². The number of nitrogens with one attached hydrogen (secondary N) is 1. The molecule has 9 nitrogen and oxygen atoms in total. The normalized spacial score (nSPS) is 10.4. The Hall–Kier alpha value is -3.93. The van der Waals surface area contributed by atoms with Gasteiger partial charge in [0.2, 0.25) is 5.91 Å². The number of esters is 1. The van der Waals surface area contributed by atoms with Gasteiger partial charge >= 0.3 is 5.97 Å². The molecule has 0 radical (unpaired) electrons. The zero-order chi connectivity index (χ0) is 20.8. The number of hydrogen-bond donors (Lipinski definition) is 1. The minimum atomic E-state index is -0.646. The van der Waals surface area contributed by atoms with Crippen LogP contribution in [0, 0.1) is 18.3 Å². The van der Waals surface area contributed by atoms with Gasteiger partial charge in [-0.25, -0.2) is 14.2 Å². The van der Waals surface area contributed by atoms with Crippen LogP contribution in [-0.4, -0.2) is 38.0 Å². The van der Waals surface area contributed by atoms with Crippen LogP contribution in [-0.2, 0) is 22.6 Å². The van der Waals surface area contributed by atoms with Gasteiger partial charge in [-0.2, -0.15) is 15.5 Å². The molecule has 0 unspecified atom stereocenters. The Balaban J connectivity index is 1.70. The number of anilines is 1. The molecule has 1 N–H and O–H groups in total. The standard InChI is InChI=1S/C20H20N6O3/c1-3-29-20(28)16-11-23-25(17(16)10-21)13-19(27)24-18-7-8-22-26(18)12-15-6-4-5-14(2)9-15/h4-9,11H,3,12-13H2,1-2H3,(H,24,27). The molecule has 2 aromatic heterocycles. The highest BCUT2D eigenvalue weighted by Crippen LogP contribution is 2.13. The van der Waals surface area contributed by atoms with E-state index in [2.05, 4.69) is 15.5 Å². The van der Waals surface area contributed by atoms with E-state index in [1.807, 2.05) is 37.3 Å². The fourth-order valence-electron chi connectivity index (χ4n) is 2.85. The largest absolute Gasteiger partial charge is 0.462 e. The van der Waals surface area contributed by atoms with Crippen LogP contribution in [0.5, 0.6) is 0 Å². The molecule has 0 saturated carbocycles. The first-order valence-corrected chi connectivity index (χ1v) is 9.02. The topological polar surface area (TPSA) is 115 Å². The van der Waals surface area contributed by atoms with Gasteiger partial charge in [0.05, 0.1) is 25.5 Å². The van der Waals surface area contributed by atoms with Gasteiger partial charge in [0.15, 0.2) is 5.69 Å². The molecule has 0 atom stereocenters. The first-order valence-electron chi connectivity index (χ1n) is 9.02. The van der Waals surface area contributed by atoms with Gasteiger partial charge in [0.1, 0.15) is 24.0 Å². The van der Waals surface area contributed by atoms with Crippen molar-refractivity contribution >= 4 is 17.7 Å². The van der Waals surface area contributed by atoms with Gasteiger partial charge in [-0.1, -0.05) is 29.8 Å². The molecule has 0 aliphatic carbocycles. The van der Waals surface area contributed by atoms with E-state index in [1.54, 1.807) is 23.9 Å². The number of carbonyl (C=O) groups excluding carboxylic acids is 2. The van der Waals surface area contributed by atoms with Crippen molar-refractivity contribution in [2.45, 2.75) is 26.9 Å². The lowest BCUT2D eigenvalue weighted by Crippen LogP contribution is -2.22. The highest BCUT2D eigenvalue weighted by atomic mass is 16.5. The monoisotopic (exact) mass is 392 g/mol. The van der Waals surface area contributed by atoms with Crippen LogP contribution >= 0.6 is 0 Å². The summed E-state index contributed by atoms with van der Waals surface area (Å²) in [6.07, 6.45) is 2.82. The second-order valence-corrected chi connectivity index (χ2v) is 6.31. The molecule has 1 amide bonds. The summed E-state index contributed by atoms with van der Waals surface area (Å²) in [5.41, 5.74) is 2.21. The molecule has 0 spiro atoms. The Kier molecular flexibility index (Phi) is 6.04. The minimum Gasteiger partial charge on any atom is -0.462 e. The van der Waals surface area contributed by atoms with E-state index in [0.29, 0.717) is 12.4 Å². The lowest BCUT2D eigenvalue weighted by atomic mass is 10.1. The number of amides is 1. The quantitative estimate of drug-likeness (QED) is 0.616. The van der Waals surface area contributed by atoms with E-state index in [1.165, 1.54) is 10.9 Å². The van der Waals surface area contributed by atoms with Crippen molar-refractivity contribution in [1.29, 1.82) is 5.26 Å². The molecule has 3 aromatic rings. The fraction of sp³-hybridized carbons (Fsp3) is 0.250. The summed E-state index contributed by atoms with van der Waals surface area (Å²) in [4.78, 5) is 24.4. The number of rotatable bonds is 7. The van der Waals surface area contributed by atoms with Crippen LogP contribution in [0.4, 0.5) is 5.82 Å². The number of nitrogens with zero attached hydrogens (tertiary/aromatic N) is 5. The van der Waals surface area contributed by atoms with E-state index in [4.69, 9.17) is 4.74 Å². The molecule has 2 heterocycles. The highest BCUT2D eigenvalue weighted by molar-refractivity contribution is 5.92. The number of ether oxygens (including phenoxy) is 1. The van der Waals surface area contributed by atoms with Crippen LogP contribution in [0.3, 0.4) is 0 Å². The zero-order valence-corrected chi connectivity index (χ0v) is 16.1. The van der Waals surface area contributed by atoms with Crippen molar-refractivity contribution < 1.29 is 14.3 Å². The molecule has 29 heavy (non-hydrogen) atoms. The second-order valence-electron chi connectivity index (χ2n) is 6.31. The van der Waals surface area contributed by atoms with Crippen LogP contribution in [0.25, 0.3) is 0 Å². The number of carbonyl (C=O) groups is 2. The smallest absolute Gasteiger partial charge is 0.342 e. The van der Waals surface area contributed by atoms with Crippen molar-refractivity contribution in [3.63, 3.8) is 0 Å². The van der Waals surface area contributed by atoms with Crippen molar-refractivity contribution in [1.82, 2.24) is 19.6 Å². The average molecular weight is 392 g/mol. The second kappa shape index (κ2) is 8.84. The summed E-state index contributed by atoms with van der Waals surface area (Å²) in [6.45, 7) is 4.14. The summed E-state index contributed by atoms with van der Waals surface area (Å²) >= 11 is 0. The van der Waals surface area contributed by atoms with E-state index < -0.39 is 11.9 Å². The van der Waals surface area contributed by atoms with Crippen LogP contribution in [0.1, 0.15) is 34.1 Å². The third-order valence-electron chi connectivity index (χ3n) is 4.13. The maximum Gasteiger partial charge on any atom is 0.342 e. The summed E-state index contributed by atoms with van der Waals surface area (Å²) in [6, 6.07) is 11.6. The van der Waals surface area contributed by atoms with Crippen molar-refractivity contribution in [2.75, 3.05) is 11.9 Å². The van der Waals surface area contributed by atoms with Crippen LogP contribution < -0.4 is 5.32 Å². The molecule has 0 aliphatic rings. The number of aromatic nitrogens is 4. The Bertz CT molecular complexity index is 1080. The van der Waals surface area contributed by atoms with Gasteiger partial charge in [-0.15, -0.1) is 0 Å². The molecule has 1 aromatic carbocycles. The van der Waals surface area contributed by atoms with E-state index in [-0.39, 0.29) is 24.4 Å². The molecule has 9 heteroatoms. The number of benzene rings is 1.